The molecule has 1 heteroatoms. The van der Waals surface area contributed by atoms with E-state index in [0.717, 1.165) is 48.9 Å². The molecule has 0 aromatic rings. The van der Waals surface area contributed by atoms with Crippen molar-refractivity contribution in [2.24, 2.45) is 40.9 Å². The fourth-order valence-corrected chi connectivity index (χ4v) is 7.67. The van der Waals surface area contributed by atoms with Gasteiger partial charge in [-0.25, -0.2) is 0 Å². The Morgan fingerprint density at radius 2 is 1.93 bits per heavy atom. The smallest absolute Gasteiger partial charge is 0.129 e. The molecule has 0 spiro atoms. The number of allylic oxidation sites excluding steroid dienone is 2. The van der Waals surface area contributed by atoms with E-state index in [2.05, 4.69) is 38.3 Å². The van der Waals surface area contributed by atoms with Gasteiger partial charge in [-0.1, -0.05) is 42.6 Å². The Kier molecular flexibility index (Phi) is 4.18. The molecular weight excluding hydrogens is 328 g/mol. The van der Waals surface area contributed by atoms with Crippen LogP contribution in [-0.2, 0) is 0 Å². The summed E-state index contributed by atoms with van der Waals surface area (Å²) in [4.78, 5) is 0. The van der Waals surface area contributed by atoms with Gasteiger partial charge >= 0.3 is 0 Å². The van der Waals surface area contributed by atoms with Gasteiger partial charge in [0.15, 0.2) is 0 Å². The van der Waals surface area contributed by atoms with E-state index in [1.165, 1.54) is 50.5 Å². The van der Waals surface area contributed by atoms with Crippen LogP contribution < -0.4 is 0 Å². The maximum Gasteiger partial charge on any atom is 0.129 e. The van der Waals surface area contributed by atoms with Crippen LogP contribution >= 0.6 is 0 Å². The van der Waals surface area contributed by atoms with Crippen molar-refractivity contribution in [2.75, 3.05) is 0 Å². The maximum atomic E-state index is 11.0. The number of hydrogen-bond donors (Lipinski definition) is 1. The van der Waals surface area contributed by atoms with Crippen LogP contribution in [0.1, 0.15) is 78.1 Å². The molecular formula is C26H36O. The average Bonchev–Trinajstić information content (AvgIpc) is 3.39. The molecule has 0 heterocycles. The minimum atomic E-state index is -0.737. The lowest BCUT2D eigenvalue weighted by atomic mass is 9.51. The van der Waals surface area contributed by atoms with E-state index in [1.807, 2.05) is 0 Å². The Morgan fingerprint density at radius 1 is 1.11 bits per heavy atom. The van der Waals surface area contributed by atoms with Crippen molar-refractivity contribution >= 4 is 0 Å². The predicted octanol–water partition coefficient (Wildman–Crippen LogP) is 5.90. The third-order valence-electron chi connectivity index (χ3n) is 9.18. The van der Waals surface area contributed by atoms with Gasteiger partial charge in [-0.3, -0.25) is 0 Å². The number of aliphatic hydroxyl groups is 1. The molecule has 5 aliphatic rings. The Hall–Kier alpha value is -1.00. The van der Waals surface area contributed by atoms with Crippen molar-refractivity contribution in [3.63, 3.8) is 0 Å². The van der Waals surface area contributed by atoms with Crippen LogP contribution in [0.5, 0.6) is 0 Å². The summed E-state index contributed by atoms with van der Waals surface area (Å²) in [7, 11) is 0. The first kappa shape index (κ1) is 18.1. The van der Waals surface area contributed by atoms with Gasteiger partial charge in [0.1, 0.15) is 5.60 Å². The van der Waals surface area contributed by atoms with Crippen LogP contribution in [0.2, 0.25) is 0 Å². The lowest BCUT2D eigenvalue weighted by molar-refractivity contribution is -0.0199. The van der Waals surface area contributed by atoms with Crippen molar-refractivity contribution < 1.29 is 5.11 Å². The Bertz CT molecular complexity index is 731. The number of rotatable bonds is 1. The molecule has 1 nitrogen and oxygen atoms in total. The summed E-state index contributed by atoms with van der Waals surface area (Å²) >= 11 is 0. The molecule has 5 rings (SSSR count). The minimum absolute atomic E-state index is 0.490. The van der Waals surface area contributed by atoms with Gasteiger partial charge in [0.05, 0.1) is 0 Å². The third-order valence-corrected chi connectivity index (χ3v) is 9.18. The molecule has 5 aliphatic carbocycles. The van der Waals surface area contributed by atoms with Gasteiger partial charge < -0.3 is 5.11 Å². The van der Waals surface area contributed by atoms with Crippen LogP contribution in [0, 0.1) is 52.8 Å². The molecule has 0 aliphatic heterocycles. The molecule has 0 saturated heterocycles. The second-order valence-corrected chi connectivity index (χ2v) is 10.9. The first-order valence-corrected chi connectivity index (χ1v) is 11.5. The van der Waals surface area contributed by atoms with Crippen molar-refractivity contribution in [3.8, 4) is 11.8 Å². The Balaban J connectivity index is 1.36. The van der Waals surface area contributed by atoms with Crippen LogP contribution in [0.25, 0.3) is 0 Å². The molecule has 0 radical (unpaired) electrons. The molecule has 0 aromatic carbocycles. The van der Waals surface area contributed by atoms with E-state index >= 15 is 0 Å². The van der Waals surface area contributed by atoms with E-state index in [9.17, 15) is 5.11 Å². The van der Waals surface area contributed by atoms with Gasteiger partial charge in [0, 0.05) is 12.3 Å². The van der Waals surface area contributed by atoms with Crippen LogP contribution in [0.15, 0.2) is 23.8 Å². The van der Waals surface area contributed by atoms with Crippen molar-refractivity contribution in [1.29, 1.82) is 0 Å². The van der Waals surface area contributed by atoms with Gasteiger partial charge in [-0.2, -0.15) is 0 Å². The summed E-state index contributed by atoms with van der Waals surface area (Å²) in [6.45, 7) is 9.17. The second-order valence-electron chi connectivity index (χ2n) is 10.9. The van der Waals surface area contributed by atoms with Crippen LogP contribution in [0.3, 0.4) is 0 Å². The highest BCUT2D eigenvalue weighted by Crippen LogP contribution is 2.64. The summed E-state index contributed by atoms with van der Waals surface area (Å²) in [5, 5.41) is 11.0. The van der Waals surface area contributed by atoms with E-state index in [-0.39, 0.29) is 0 Å². The van der Waals surface area contributed by atoms with Gasteiger partial charge in [0.25, 0.3) is 0 Å². The Morgan fingerprint density at radius 3 is 2.67 bits per heavy atom. The predicted molar refractivity (Wildman–Crippen MR) is 111 cm³/mol. The van der Waals surface area contributed by atoms with Crippen molar-refractivity contribution in [2.45, 2.75) is 83.7 Å². The molecule has 0 aromatic heterocycles. The summed E-state index contributed by atoms with van der Waals surface area (Å²) in [6, 6.07) is 0. The minimum Gasteiger partial charge on any atom is -0.377 e. The lowest BCUT2D eigenvalue weighted by Gasteiger charge is -2.54. The van der Waals surface area contributed by atoms with Crippen molar-refractivity contribution in [3.05, 3.63) is 23.8 Å². The number of fused-ring (bicyclic) bond motifs is 5. The summed E-state index contributed by atoms with van der Waals surface area (Å²) < 4.78 is 0. The first-order chi connectivity index (χ1) is 12.9. The SMILES string of the molecule is C=C(C)[C@H]1CC[C@H]2[C@@H]3CC=C4C[C@](O)(C#CC5CC5)CC[C@@H]4[C@H]3CC[C@]12C. The molecule has 0 amide bonds. The topological polar surface area (TPSA) is 20.2 Å². The second kappa shape index (κ2) is 6.25. The zero-order valence-corrected chi connectivity index (χ0v) is 17.3. The van der Waals surface area contributed by atoms with Crippen molar-refractivity contribution in [1.82, 2.24) is 0 Å². The molecule has 4 saturated carbocycles. The van der Waals surface area contributed by atoms with Crippen LogP contribution in [0.4, 0.5) is 0 Å². The highest BCUT2D eigenvalue weighted by Gasteiger charge is 2.56. The van der Waals surface area contributed by atoms with Gasteiger partial charge in [0.2, 0.25) is 0 Å². The molecule has 146 valence electrons. The van der Waals surface area contributed by atoms with Crippen LogP contribution in [-0.4, -0.2) is 10.7 Å². The average molecular weight is 365 g/mol. The molecule has 4 fully saturated rings. The third kappa shape index (κ3) is 2.95. The quantitative estimate of drug-likeness (QED) is 0.454. The molecule has 0 unspecified atom stereocenters. The first-order valence-electron chi connectivity index (χ1n) is 11.5. The largest absolute Gasteiger partial charge is 0.377 e. The monoisotopic (exact) mass is 364 g/mol. The maximum absolute atomic E-state index is 11.0. The van der Waals surface area contributed by atoms with E-state index in [4.69, 9.17) is 0 Å². The highest BCUT2D eigenvalue weighted by molar-refractivity contribution is 5.29. The zero-order valence-electron chi connectivity index (χ0n) is 17.3. The lowest BCUT2D eigenvalue weighted by Crippen LogP contribution is -2.47. The molecule has 1 N–H and O–H groups in total. The standard InChI is InChI=1S/C26H36O/c1-17(2)23-8-9-24-22-7-6-19-16-26(27,14-10-18-4-5-18)15-12-20(19)21(22)11-13-25(23,24)3/h6,18,20-24,27H,1,4-5,7-9,11-13,15-16H2,2-3H3/t20-,21+,22+,23+,24-,25+,26-/m0/s1. The fraction of sp³-hybridized carbons (Fsp3) is 0.769. The number of hydrogen-bond acceptors (Lipinski definition) is 1. The fourth-order valence-electron chi connectivity index (χ4n) is 7.67. The van der Waals surface area contributed by atoms with Gasteiger partial charge in [-0.05, 0) is 99.7 Å². The van der Waals surface area contributed by atoms with Gasteiger partial charge in [-0.15, -0.1) is 0 Å². The molecule has 0 bridgehead atoms. The van der Waals surface area contributed by atoms with E-state index in [1.54, 1.807) is 5.57 Å². The normalized spacial score (nSPS) is 48.4. The molecule has 27 heavy (non-hydrogen) atoms. The summed E-state index contributed by atoms with van der Waals surface area (Å²) in [5.41, 5.74) is 2.72. The van der Waals surface area contributed by atoms with E-state index in [0.29, 0.717) is 11.3 Å². The highest BCUT2D eigenvalue weighted by atomic mass is 16.3. The summed E-state index contributed by atoms with van der Waals surface area (Å²) in [6.07, 6.45) is 14.6. The molecule has 7 atom stereocenters. The zero-order chi connectivity index (χ0) is 18.8. The Labute approximate surface area is 165 Å². The van der Waals surface area contributed by atoms with E-state index < -0.39 is 5.60 Å². The summed E-state index contributed by atoms with van der Waals surface area (Å²) in [5.74, 6) is 11.3.